The van der Waals surface area contributed by atoms with Crippen LogP contribution in [-0.2, 0) is 9.59 Å². The molecule has 0 radical (unpaired) electrons. The molecule has 0 aromatic carbocycles. The largest absolute Gasteiger partial charge is 2.00 e. The number of unbranched alkanes of at least 4 members (excludes halogenated alkanes) is 15. The van der Waals surface area contributed by atoms with Crippen LogP contribution in [0.3, 0.4) is 0 Å². The van der Waals surface area contributed by atoms with Crippen molar-refractivity contribution >= 4 is 49.7 Å². The summed E-state index contributed by atoms with van der Waals surface area (Å²) in [5.74, 6) is -2.17. The summed E-state index contributed by atoms with van der Waals surface area (Å²) < 4.78 is 0. The SMILES string of the molecule is CC(=O)[O-].CC(=O)[O-].CCCCCCCCCCCCCCCCCCN.[Ca+2]. The van der Waals surface area contributed by atoms with Crippen molar-refractivity contribution in [2.24, 2.45) is 5.73 Å². The first kappa shape index (κ1) is 35.6. The van der Waals surface area contributed by atoms with E-state index in [0.29, 0.717) is 0 Å². The van der Waals surface area contributed by atoms with Crippen LogP contribution < -0.4 is 15.9 Å². The molecule has 0 saturated heterocycles. The predicted octanol–water partition coefficient (Wildman–Crippen LogP) is 3.34. The average molecular weight is 428 g/mol. The summed E-state index contributed by atoms with van der Waals surface area (Å²) in [6, 6.07) is 0. The smallest absolute Gasteiger partial charge is 0.550 e. The summed E-state index contributed by atoms with van der Waals surface area (Å²) in [7, 11) is 0. The standard InChI is InChI=1S/C18H39N.2C2H4O2.Ca/c1-2-3-4-5-6-7-8-9-10-11-12-13-14-15-16-17-18-19;2*1-2(3)4;/h2-19H2,1H3;2*1H3,(H,3,4);/q;;;+2/p-2. The summed E-state index contributed by atoms with van der Waals surface area (Å²) in [5, 5.41) is 17.8. The van der Waals surface area contributed by atoms with Crippen molar-refractivity contribution in [2.45, 2.75) is 124 Å². The number of hydrogen-bond acceptors (Lipinski definition) is 5. The molecule has 0 unspecified atom stereocenters. The van der Waals surface area contributed by atoms with Crippen molar-refractivity contribution in [3.05, 3.63) is 0 Å². The van der Waals surface area contributed by atoms with Crippen LogP contribution in [0, 0.1) is 0 Å². The molecule has 0 amide bonds. The van der Waals surface area contributed by atoms with Gasteiger partial charge in [-0.1, -0.05) is 103 Å². The zero-order chi connectivity index (χ0) is 21.2. The first-order valence-corrected chi connectivity index (χ1v) is 10.9. The van der Waals surface area contributed by atoms with E-state index in [1.165, 1.54) is 103 Å². The second-order valence-corrected chi connectivity index (χ2v) is 7.08. The summed E-state index contributed by atoms with van der Waals surface area (Å²) >= 11 is 0. The molecule has 0 bridgehead atoms. The Morgan fingerprint density at radius 2 is 0.750 bits per heavy atom. The number of rotatable bonds is 16. The molecule has 0 atom stereocenters. The number of carboxylic acid groups (broad SMARTS) is 2. The molecular weight excluding hydrogens is 382 g/mol. The van der Waals surface area contributed by atoms with Gasteiger partial charge < -0.3 is 25.5 Å². The van der Waals surface area contributed by atoms with Gasteiger partial charge in [0.25, 0.3) is 0 Å². The van der Waals surface area contributed by atoms with Crippen LogP contribution in [0.25, 0.3) is 0 Å². The predicted molar refractivity (Wildman–Crippen MR) is 116 cm³/mol. The summed E-state index contributed by atoms with van der Waals surface area (Å²) in [4.78, 5) is 17.8. The molecule has 2 N–H and O–H groups in total. The Hall–Kier alpha value is 0.160. The third-order valence-corrected chi connectivity index (χ3v) is 4.06. The van der Waals surface area contributed by atoms with E-state index in [1.807, 2.05) is 0 Å². The third kappa shape index (κ3) is 63.4. The molecule has 0 aliphatic rings. The van der Waals surface area contributed by atoms with E-state index in [2.05, 4.69) is 6.92 Å². The Morgan fingerprint density at radius 1 is 0.571 bits per heavy atom. The molecule has 6 heteroatoms. The van der Waals surface area contributed by atoms with Gasteiger partial charge in [-0.3, -0.25) is 0 Å². The van der Waals surface area contributed by atoms with Gasteiger partial charge in [-0.2, -0.15) is 0 Å². The maximum Gasteiger partial charge on any atom is 2.00 e. The molecule has 0 spiro atoms. The first-order valence-electron chi connectivity index (χ1n) is 10.9. The van der Waals surface area contributed by atoms with E-state index in [4.69, 9.17) is 25.5 Å². The molecule has 0 fully saturated rings. The van der Waals surface area contributed by atoms with Gasteiger partial charge in [0.15, 0.2) is 0 Å². The summed E-state index contributed by atoms with van der Waals surface area (Å²) in [6.07, 6.45) is 22.9. The minimum absolute atomic E-state index is 0. The van der Waals surface area contributed by atoms with E-state index >= 15 is 0 Å². The molecule has 5 nitrogen and oxygen atoms in total. The Balaban J connectivity index is -0.000000270. The number of carboxylic acids is 2. The van der Waals surface area contributed by atoms with Gasteiger partial charge in [-0.05, 0) is 26.8 Å². The van der Waals surface area contributed by atoms with Gasteiger partial charge in [0, 0.05) is 11.9 Å². The topological polar surface area (TPSA) is 106 Å². The van der Waals surface area contributed by atoms with Crippen molar-refractivity contribution in [1.82, 2.24) is 0 Å². The van der Waals surface area contributed by atoms with Crippen molar-refractivity contribution in [2.75, 3.05) is 6.54 Å². The van der Waals surface area contributed by atoms with E-state index in [1.54, 1.807) is 0 Å². The molecule has 0 aliphatic carbocycles. The molecule has 0 aliphatic heterocycles. The Bertz CT molecular complexity index is 266. The zero-order valence-corrected chi connectivity index (χ0v) is 21.1. The van der Waals surface area contributed by atoms with Crippen LogP contribution in [-0.4, -0.2) is 56.2 Å². The van der Waals surface area contributed by atoms with Gasteiger partial charge in [0.05, 0.1) is 0 Å². The number of hydrogen-bond donors (Lipinski definition) is 1. The zero-order valence-electron chi connectivity index (χ0n) is 18.9. The number of nitrogens with two attached hydrogens (primary N) is 1. The van der Waals surface area contributed by atoms with E-state index in [9.17, 15) is 0 Å². The maximum atomic E-state index is 8.89. The van der Waals surface area contributed by atoms with Gasteiger partial charge in [0.1, 0.15) is 0 Å². The van der Waals surface area contributed by atoms with Crippen LogP contribution in [0.15, 0.2) is 0 Å². The van der Waals surface area contributed by atoms with Crippen molar-refractivity contribution < 1.29 is 19.8 Å². The number of carbonyl (C=O) groups excluding carboxylic acids is 2. The Kier molecular flexibility index (Phi) is 44.0. The van der Waals surface area contributed by atoms with E-state index < -0.39 is 11.9 Å². The summed E-state index contributed by atoms with van der Waals surface area (Å²) in [5.41, 5.74) is 5.48. The van der Waals surface area contributed by atoms with Crippen LogP contribution in [0.1, 0.15) is 124 Å². The van der Waals surface area contributed by atoms with Gasteiger partial charge in [-0.25, -0.2) is 0 Å². The minimum Gasteiger partial charge on any atom is -0.550 e. The molecule has 164 valence electrons. The fourth-order valence-electron chi connectivity index (χ4n) is 2.69. The molecule has 0 aromatic heterocycles. The van der Waals surface area contributed by atoms with Gasteiger partial charge >= 0.3 is 37.7 Å². The average Bonchev–Trinajstić information content (AvgIpc) is 2.57. The fraction of sp³-hybridized carbons (Fsp3) is 0.909. The summed E-state index contributed by atoms with van der Waals surface area (Å²) in [6.45, 7) is 5.11. The Labute approximate surface area is 204 Å². The first-order chi connectivity index (χ1) is 12.9. The second kappa shape index (κ2) is 34.7. The molecule has 0 aromatic rings. The van der Waals surface area contributed by atoms with E-state index in [0.717, 1.165) is 20.4 Å². The molecule has 0 saturated carbocycles. The number of carbonyl (C=O) groups is 2. The maximum absolute atomic E-state index is 8.89. The second-order valence-electron chi connectivity index (χ2n) is 7.08. The molecule has 0 heterocycles. The van der Waals surface area contributed by atoms with Crippen LogP contribution in [0.4, 0.5) is 0 Å². The normalized spacial score (nSPS) is 9.29. The quantitative estimate of drug-likeness (QED) is 0.300. The minimum atomic E-state index is -1.08. The third-order valence-electron chi connectivity index (χ3n) is 4.06. The van der Waals surface area contributed by atoms with Gasteiger partial charge in [0.2, 0.25) is 0 Å². The monoisotopic (exact) mass is 427 g/mol. The molecule has 28 heavy (non-hydrogen) atoms. The van der Waals surface area contributed by atoms with E-state index in [-0.39, 0.29) is 37.7 Å². The van der Waals surface area contributed by atoms with Crippen LogP contribution in [0.5, 0.6) is 0 Å². The van der Waals surface area contributed by atoms with Crippen LogP contribution in [0.2, 0.25) is 0 Å². The van der Waals surface area contributed by atoms with Crippen molar-refractivity contribution in [1.29, 1.82) is 0 Å². The number of aliphatic carboxylic acids is 2. The molecule has 0 rings (SSSR count). The van der Waals surface area contributed by atoms with Crippen molar-refractivity contribution in [3.8, 4) is 0 Å². The van der Waals surface area contributed by atoms with Crippen molar-refractivity contribution in [3.63, 3.8) is 0 Å². The fourth-order valence-corrected chi connectivity index (χ4v) is 2.69. The molecular formula is C22H45CaNO4. The van der Waals surface area contributed by atoms with Crippen LogP contribution >= 0.6 is 0 Å². The van der Waals surface area contributed by atoms with Gasteiger partial charge in [-0.15, -0.1) is 0 Å². The Morgan fingerprint density at radius 3 is 0.929 bits per heavy atom.